The molecule has 1 unspecified atom stereocenters. The predicted octanol–water partition coefficient (Wildman–Crippen LogP) is 1.97. The number of nitrogens with zero attached hydrogens (tertiary/aromatic N) is 2. The molecule has 1 aromatic heterocycles. The van der Waals surface area contributed by atoms with Crippen LogP contribution in [0.15, 0.2) is 18.5 Å². The molecule has 17 heavy (non-hydrogen) atoms. The molecule has 1 atom stereocenters. The number of rotatable bonds is 2. The average Bonchev–Trinajstić information content (AvgIpc) is 2.39. The van der Waals surface area contributed by atoms with Gasteiger partial charge < -0.3 is 4.74 Å². The standard InChI is InChI=1S/C12H13FN2O2/c1-17-11(16)9-4-2-8(3-5-9)10-6-14-12(13)15-7-10/h2,6-7,9H,3-5H2,1H3. The van der Waals surface area contributed by atoms with E-state index in [2.05, 4.69) is 9.97 Å². The van der Waals surface area contributed by atoms with Crippen molar-refractivity contribution in [2.24, 2.45) is 5.92 Å². The van der Waals surface area contributed by atoms with E-state index < -0.39 is 6.08 Å². The number of hydrogen-bond acceptors (Lipinski definition) is 4. The van der Waals surface area contributed by atoms with Crippen LogP contribution in [0.4, 0.5) is 4.39 Å². The molecule has 0 spiro atoms. The fourth-order valence-electron chi connectivity index (χ4n) is 1.96. The second-order valence-corrected chi connectivity index (χ2v) is 3.96. The summed E-state index contributed by atoms with van der Waals surface area (Å²) in [5, 5.41) is 0. The zero-order valence-corrected chi connectivity index (χ0v) is 9.52. The van der Waals surface area contributed by atoms with Crippen LogP contribution in [0.2, 0.25) is 0 Å². The molecule has 0 bridgehead atoms. The zero-order valence-electron chi connectivity index (χ0n) is 9.52. The normalized spacial score (nSPS) is 19.6. The number of halogens is 1. The van der Waals surface area contributed by atoms with Crippen LogP contribution >= 0.6 is 0 Å². The van der Waals surface area contributed by atoms with Crippen LogP contribution in [0.5, 0.6) is 0 Å². The highest BCUT2D eigenvalue weighted by Crippen LogP contribution is 2.30. The maximum atomic E-state index is 12.6. The Kier molecular flexibility index (Phi) is 3.46. The molecule has 0 saturated carbocycles. The Morgan fingerprint density at radius 1 is 1.47 bits per heavy atom. The molecule has 1 heterocycles. The molecule has 1 aliphatic rings. The number of aromatic nitrogens is 2. The van der Waals surface area contributed by atoms with Crippen molar-refractivity contribution in [2.45, 2.75) is 19.3 Å². The van der Waals surface area contributed by atoms with Gasteiger partial charge in [-0.05, 0) is 24.8 Å². The number of allylic oxidation sites excluding steroid dienone is 2. The van der Waals surface area contributed by atoms with Gasteiger partial charge in [0, 0.05) is 18.0 Å². The Bertz CT molecular complexity index is 442. The third-order valence-corrected chi connectivity index (χ3v) is 2.94. The van der Waals surface area contributed by atoms with E-state index in [0.717, 1.165) is 24.0 Å². The van der Waals surface area contributed by atoms with Gasteiger partial charge in [-0.3, -0.25) is 4.79 Å². The van der Waals surface area contributed by atoms with E-state index in [9.17, 15) is 9.18 Å². The van der Waals surface area contributed by atoms with Crippen molar-refractivity contribution in [3.05, 3.63) is 30.1 Å². The van der Waals surface area contributed by atoms with Crippen molar-refractivity contribution in [2.75, 3.05) is 7.11 Å². The highest BCUT2D eigenvalue weighted by Gasteiger charge is 2.22. The topological polar surface area (TPSA) is 52.1 Å². The maximum absolute atomic E-state index is 12.6. The molecule has 1 aliphatic carbocycles. The van der Waals surface area contributed by atoms with Gasteiger partial charge in [0.15, 0.2) is 0 Å². The predicted molar refractivity (Wildman–Crippen MR) is 59.3 cm³/mol. The van der Waals surface area contributed by atoms with Crippen LogP contribution in [0, 0.1) is 12.0 Å². The van der Waals surface area contributed by atoms with Crippen LogP contribution in [0.25, 0.3) is 5.57 Å². The lowest BCUT2D eigenvalue weighted by atomic mass is 9.87. The van der Waals surface area contributed by atoms with Crippen LogP contribution in [0.1, 0.15) is 24.8 Å². The number of methoxy groups -OCH3 is 1. The number of hydrogen-bond donors (Lipinski definition) is 0. The molecular weight excluding hydrogens is 223 g/mol. The summed E-state index contributed by atoms with van der Waals surface area (Å²) >= 11 is 0. The molecule has 0 aliphatic heterocycles. The Labute approximate surface area is 98.5 Å². The minimum absolute atomic E-state index is 0.0647. The van der Waals surface area contributed by atoms with E-state index in [1.807, 2.05) is 6.08 Å². The lowest BCUT2D eigenvalue weighted by Crippen LogP contribution is -2.18. The highest BCUT2D eigenvalue weighted by atomic mass is 19.1. The van der Waals surface area contributed by atoms with Gasteiger partial charge >= 0.3 is 12.0 Å². The molecule has 0 radical (unpaired) electrons. The van der Waals surface area contributed by atoms with E-state index in [0.29, 0.717) is 6.42 Å². The zero-order chi connectivity index (χ0) is 12.3. The summed E-state index contributed by atoms with van der Waals surface area (Å²) in [7, 11) is 1.40. The average molecular weight is 236 g/mol. The van der Waals surface area contributed by atoms with Crippen molar-refractivity contribution in [3.8, 4) is 0 Å². The summed E-state index contributed by atoms with van der Waals surface area (Å²) in [6.45, 7) is 0. The largest absolute Gasteiger partial charge is 0.469 e. The fourth-order valence-corrected chi connectivity index (χ4v) is 1.96. The molecule has 0 saturated heterocycles. The first-order chi connectivity index (χ1) is 8.20. The molecular formula is C12H13FN2O2. The van der Waals surface area contributed by atoms with Crippen molar-refractivity contribution >= 4 is 11.5 Å². The van der Waals surface area contributed by atoms with Gasteiger partial charge in [-0.15, -0.1) is 0 Å². The number of ether oxygens (including phenoxy) is 1. The fraction of sp³-hybridized carbons (Fsp3) is 0.417. The smallest absolute Gasteiger partial charge is 0.308 e. The SMILES string of the molecule is COC(=O)C1CC=C(c2cnc(F)nc2)CC1. The van der Waals surface area contributed by atoms with Crippen LogP contribution in [-0.2, 0) is 9.53 Å². The van der Waals surface area contributed by atoms with Gasteiger partial charge in [0.25, 0.3) is 0 Å². The first-order valence-electron chi connectivity index (χ1n) is 5.45. The Balaban J connectivity index is 2.08. The second kappa shape index (κ2) is 5.03. The maximum Gasteiger partial charge on any atom is 0.308 e. The Morgan fingerprint density at radius 2 is 2.18 bits per heavy atom. The summed E-state index contributed by atoms with van der Waals surface area (Å²) in [5.41, 5.74) is 1.87. The van der Waals surface area contributed by atoms with Gasteiger partial charge in [-0.2, -0.15) is 4.39 Å². The first-order valence-corrected chi connectivity index (χ1v) is 5.45. The molecule has 0 N–H and O–H groups in total. The first kappa shape index (κ1) is 11.7. The number of carbonyl (C=O) groups excluding carboxylic acids is 1. The molecule has 0 aromatic carbocycles. The van der Waals surface area contributed by atoms with Crippen LogP contribution < -0.4 is 0 Å². The highest BCUT2D eigenvalue weighted by molar-refractivity contribution is 5.75. The van der Waals surface area contributed by atoms with Gasteiger partial charge in [-0.1, -0.05) is 6.08 Å². The van der Waals surface area contributed by atoms with Gasteiger partial charge in [-0.25, -0.2) is 9.97 Å². The lowest BCUT2D eigenvalue weighted by Gasteiger charge is -2.19. The third-order valence-electron chi connectivity index (χ3n) is 2.94. The second-order valence-electron chi connectivity index (χ2n) is 3.96. The van der Waals surface area contributed by atoms with Crippen molar-refractivity contribution in [1.29, 1.82) is 0 Å². The summed E-state index contributed by atoms with van der Waals surface area (Å²) in [5.74, 6) is -0.235. The summed E-state index contributed by atoms with van der Waals surface area (Å²) in [4.78, 5) is 18.4. The molecule has 0 fully saturated rings. The van der Waals surface area contributed by atoms with E-state index >= 15 is 0 Å². The molecule has 0 amide bonds. The third kappa shape index (κ3) is 2.67. The molecule has 4 nitrogen and oxygen atoms in total. The summed E-state index contributed by atoms with van der Waals surface area (Å²) in [6, 6.07) is 0. The quantitative estimate of drug-likeness (QED) is 0.582. The number of esters is 1. The molecule has 90 valence electrons. The molecule has 1 aromatic rings. The van der Waals surface area contributed by atoms with E-state index in [1.54, 1.807) is 0 Å². The minimum Gasteiger partial charge on any atom is -0.469 e. The van der Waals surface area contributed by atoms with E-state index in [1.165, 1.54) is 19.5 Å². The lowest BCUT2D eigenvalue weighted by molar-refractivity contribution is -0.145. The van der Waals surface area contributed by atoms with Crippen molar-refractivity contribution in [3.63, 3.8) is 0 Å². The Hall–Kier alpha value is -1.78. The summed E-state index contributed by atoms with van der Waals surface area (Å²) in [6.07, 6.45) is 6.34. The van der Waals surface area contributed by atoms with Gasteiger partial charge in [0.05, 0.1) is 13.0 Å². The van der Waals surface area contributed by atoms with E-state index in [4.69, 9.17) is 4.74 Å². The van der Waals surface area contributed by atoms with Crippen LogP contribution in [-0.4, -0.2) is 23.0 Å². The molecule has 2 rings (SSSR count). The summed E-state index contributed by atoms with van der Waals surface area (Å²) < 4.78 is 17.3. The monoisotopic (exact) mass is 236 g/mol. The van der Waals surface area contributed by atoms with Crippen molar-refractivity contribution in [1.82, 2.24) is 9.97 Å². The number of carbonyl (C=O) groups is 1. The van der Waals surface area contributed by atoms with Gasteiger partial charge in [0.1, 0.15) is 0 Å². The van der Waals surface area contributed by atoms with Crippen molar-refractivity contribution < 1.29 is 13.9 Å². The van der Waals surface area contributed by atoms with Crippen LogP contribution in [0.3, 0.4) is 0 Å². The molecule has 5 heteroatoms. The Morgan fingerprint density at radius 3 is 2.71 bits per heavy atom. The minimum atomic E-state index is -0.724. The van der Waals surface area contributed by atoms with E-state index in [-0.39, 0.29) is 11.9 Å². The van der Waals surface area contributed by atoms with Gasteiger partial charge in [0.2, 0.25) is 0 Å².